The molecule has 0 amide bonds. The SMILES string of the molecule is CC(=O)OC(=O)c1ccco1.[H-].[Na+]. The van der Waals surface area contributed by atoms with E-state index >= 15 is 0 Å². The van der Waals surface area contributed by atoms with Crippen LogP contribution in [0.2, 0.25) is 0 Å². The second-order valence-corrected chi connectivity index (χ2v) is 1.86. The van der Waals surface area contributed by atoms with Gasteiger partial charge in [-0.15, -0.1) is 0 Å². The van der Waals surface area contributed by atoms with Crippen LogP contribution in [-0.4, -0.2) is 11.9 Å². The quantitative estimate of drug-likeness (QED) is 0.286. The molecule has 0 saturated heterocycles. The molecule has 60 valence electrons. The molecule has 1 rings (SSSR count). The van der Waals surface area contributed by atoms with Gasteiger partial charge in [0.25, 0.3) is 0 Å². The maximum Gasteiger partial charge on any atom is 1.00 e. The Morgan fingerprint density at radius 3 is 2.67 bits per heavy atom. The molecule has 0 atom stereocenters. The summed E-state index contributed by atoms with van der Waals surface area (Å²) >= 11 is 0. The first-order valence-corrected chi connectivity index (χ1v) is 2.96. The predicted molar refractivity (Wildman–Crippen MR) is 35.9 cm³/mol. The number of ether oxygens (including phenoxy) is 1. The minimum Gasteiger partial charge on any atom is -1.00 e. The summed E-state index contributed by atoms with van der Waals surface area (Å²) in [5.41, 5.74) is 0. The van der Waals surface area contributed by atoms with Crippen LogP contribution in [0, 0.1) is 0 Å². The van der Waals surface area contributed by atoms with Gasteiger partial charge in [-0.25, -0.2) is 4.79 Å². The van der Waals surface area contributed by atoms with Gasteiger partial charge in [0, 0.05) is 6.92 Å². The third kappa shape index (κ3) is 3.21. The fourth-order valence-electron chi connectivity index (χ4n) is 0.576. The molecular weight excluding hydrogens is 171 g/mol. The van der Waals surface area contributed by atoms with Crippen LogP contribution in [0.4, 0.5) is 0 Å². The molecule has 0 aliphatic carbocycles. The van der Waals surface area contributed by atoms with Gasteiger partial charge >= 0.3 is 41.5 Å². The summed E-state index contributed by atoms with van der Waals surface area (Å²) in [5.74, 6) is -1.38. The summed E-state index contributed by atoms with van der Waals surface area (Å²) in [6.07, 6.45) is 1.33. The summed E-state index contributed by atoms with van der Waals surface area (Å²) < 4.78 is 8.89. The molecule has 0 spiro atoms. The molecular formula is C7H7NaO4. The minimum atomic E-state index is -0.762. The fraction of sp³-hybridized carbons (Fsp3) is 0.143. The van der Waals surface area contributed by atoms with E-state index in [1.54, 1.807) is 0 Å². The van der Waals surface area contributed by atoms with Crippen LogP contribution in [0.3, 0.4) is 0 Å². The molecule has 5 heteroatoms. The molecule has 0 radical (unpaired) electrons. The van der Waals surface area contributed by atoms with Crippen molar-refractivity contribution in [3.8, 4) is 0 Å². The van der Waals surface area contributed by atoms with Gasteiger partial charge in [0.15, 0.2) is 0 Å². The molecule has 1 heterocycles. The van der Waals surface area contributed by atoms with E-state index in [4.69, 9.17) is 0 Å². The van der Waals surface area contributed by atoms with Crippen molar-refractivity contribution in [2.45, 2.75) is 6.92 Å². The van der Waals surface area contributed by atoms with Gasteiger partial charge in [-0.2, -0.15) is 0 Å². The molecule has 0 aromatic carbocycles. The first-order valence-electron chi connectivity index (χ1n) is 2.96. The maximum atomic E-state index is 10.8. The summed E-state index contributed by atoms with van der Waals surface area (Å²) in [5, 5.41) is 0. The van der Waals surface area contributed by atoms with E-state index in [0.717, 1.165) is 6.92 Å². The van der Waals surface area contributed by atoms with Gasteiger partial charge in [-0.3, -0.25) is 4.79 Å². The number of hydrogen-bond acceptors (Lipinski definition) is 4. The predicted octanol–water partition coefficient (Wildman–Crippen LogP) is -1.90. The van der Waals surface area contributed by atoms with E-state index in [9.17, 15) is 9.59 Å². The van der Waals surface area contributed by atoms with Gasteiger partial charge < -0.3 is 10.6 Å². The van der Waals surface area contributed by atoms with Crippen molar-refractivity contribution in [1.29, 1.82) is 0 Å². The van der Waals surface area contributed by atoms with E-state index < -0.39 is 11.9 Å². The second-order valence-electron chi connectivity index (χ2n) is 1.86. The Kier molecular flexibility index (Phi) is 4.89. The van der Waals surface area contributed by atoms with E-state index in [0.29, 0.717) is 0 Å². The first-order chi connectivity index (χ1) is 5.20. The minimum absolute atomic E-state index is 0. The molecule has 1 aromatic rings. The van der Waals surface area contributed by atoms with Gasteiger partial charge in [0.2, 0.25) is 5.76 Å². The van der Waals surface area contributed by atoms with Gasteiger partial charge in [0.1, 0.15) is 0 Å². The zero-order valence-corrected chi connectivity index (χ0v) is 8.87. The van der Waals surface area contributed by atoms with Crippen LogP contribution in [0.25, 0.3) is 0 Å². The third-order valence-corrected chi connectivity index (χ3v) is 0.959. The van der Waals surface area contributed by atoms with Crippen molar-refractivity contribution >= 4 is 11.9 Å². The molecule has 0 aliphatic rings. The average molecular weight is 178 g/mol. The topological polar surface area (TPSA) is 56.5 Å². The van der Waals surface area contributed by atoms with E-state index in [2.05, 4.69) is 9.15 Å². The number of carbonyl (C=O) groups is 2. The summed E-state index contributed by atoms with van der Waals surface area (Å²) in [7, 11) is 0. The summed E-state index contributed by atoms with van der Waals surface area (Å²) in [6, 6.07) is 2.96. The molecule has 0 unspecified atom stereocenters. The van der Waals surface area contributed by atoms with Gasteiger partial charge in [-0.05, 0) is 12.1 Å². The molecule has 12 heavy (non-hydrogen) atoms. The summed E-state index contributed by atoms with van der Waals surface area (Å²) in [6.45, 7) is 1.15. The van der Waals surface area contributed by atoms with Crippen molar-refractivity contribution < 1.29 is 49.7 Å². The van der Waals surface area contributed by atoms with E-state index in [-0.39, 0.29) is 36.7 Å². The Labute approximate surface area is 92.7 Å². The Bertz CT molecular complexity index is 270. The van der Waals surface area contributed by atoms with Crippen LogP contribution >= 0.6 is 0 Å². The Morgan fingerprint density at radius 2 is 2.25 bits per heavy atom. The molecule has 0 fully saturated rings. The monoisotopic (exact) mass is 178 g/mol. The van der Waals surface area contributed by atoms with Crippen LogP contribution in [-0.2, 0) is 9.53 Å². The number of esters is 2. The van der Waals surface area contributed by atoms with Crippen LogP contribution in [0.5, 0.6) is 0 Å². The van der Waals surface area contributed by atoms with Crippen molar-refractivity contribution in [3.63, 3.8) is 0 Å². The molecule has 4 nitrogen and oxygen atoms in total. The normalized spacial score (nSPS) is 8.42. The van der Waals surface area contributed by atoms with Crippen molar-refractivity contribution in [3.05, 3.63) is 24.2 Å². The second kappa shape index (κ2) is 5.13. The molecule has 0 saturated carbocycles. The number of carbonyl (C=O) groups excluding carboxylic acids is 2. The number of hydrogen-bond donors (Lipinski definition) is 0. The molecule has 1 aromatic heterocycles. The largest absolute Gasteiger partial charge is 1.00 e. The summed E-state index contributed by atoms with van der Waals surface area (Å²) in [4.78, 5) is 21.0. The van der Waals surface area contributed by atoms with Crippen molar-refractivity contribution in [2.75, 3.05) is 0 Å². The van der Waals surface area contributed by atoms with E-state index in [1.807, 2.05) is 0 Å². The average Bonchev–Trinajstić information content (AvgIpc) is 2.35. The van der Waals surface area contributed by atoms with Gasteiger partial charge in [-0.1, -0.05) is 0 Å². The third-order valence-electron chi connectivity index (χ3n) is 0.959. The molecule has 0 N–H and O–H groups in total. The van der Waals surface area contributed by atoms with Gasteiger partial charge in [0.05, 0.1) is 6.26 Å². The van der Waals surface area contributed by atoms with Crippen LogP contribution in [0.1, 0.15) is 18.9 Å². The maximum absolute atomic E-state index is 10.8. The molecule has 0 bridgehead atoms. The zero-order chi connectivity index (χ0) is 8.27. The standard InChI is InChI=1S/C7H6O4.Na.H/c1-5(8)11-7(9)6-3-2-4-10-6;;/h2-4H,1H3;;/q;+1;-1. The van der Waals surface area contributed by atoms with Crippen molar-refractivity contribution in [2.24, 2.45) is 0 Å². The Balaban J connectivity index is 0. The smallest absolute Gasteiger partial charge is 1.00 e. The molecule has 0 aliphatic heterocycles. The first kappa shape index (κ1) is 11.4. The van der Waals surface area contributed by atoms with Crippen LogP contribution < -0.4 is 29.6 Å². The zero-order valence-electron chi connectivity index (χ0n) is 7.87. The number of rotatable bonds is 1. The Morgan fingerprint density at radius 1 is 1.58 bits per heavy atom. The van der Waals surface area contributed by atoms with E-state index in [1.165, 1.54) is 18.4 Å². The number of furan rings is 1. The Hall–Kier alpha value is -0.580. The fourth-order valence-corrected chi connectivity index (χ4v) is 0.576. The van der Waals surface area contributed by atoms with Crippen LogP contribution in [0.15, 0.2) is 22.8 Å². The van der Waals surface area contributed by atoms with Crippen molar-refractivity contribution in [1.82, 2.24) is 0 Å².